The van der Waals surface area contributed by atoms with Gasteiger partial charge in [0.15, 0.2) is 0 Å². The number of hydrogen-bond acceptors (Lipinski definition) is 4. The van der Waals surface area contributed by atoms with Gasteiger partial charge in [-0.05, 0) is 32.4 Å². The van der Waals surface area contributed by atoms with E-state index in [1.807, 2.05) is 20.8 Å². The molecule has 0 aromatic carbocycles. The molecule has 0 atom stereocenters. The minimum absolute atomic E-state index is 0. The number of alkyl carbamates (subject to hydrolysis) is 1. The lowest BCUT2D eigenvalue weighted by Gasteiger charge is -2.19. The molecule has 1 aromatic rings. The highest BCUT2D eigenvalue weighted by molar-refractivity contribution is 5.85. The van der Waals surface area contributed by atoms with Crippen LogP contribution in [0.5, 0.6) is 0 Å². The van der Waals surface area contributed by atoms with E-state index in [0.717, 1.165) is 5.56 Å². The number of anilines is 1. The van der Waals surface area contributed by atoms with E-state index in [9.17, 15) is 4.79 Å². The van der Waals surface area contributed by atoms with Gasteiger partial charge in [-0.3, -0.25) is 0 Å². The zero-order valence-electron chi connectivity index (χ0n) is 10.2. The standard InChI is InChI=1S/C11H17N3O2.ClH/c1-11(2,3)16-10(15)14-7-8-4-5-9(12)13-6-8;/h4-6H,7H2,1-3H3,(H2,12,13)(H,14,15);1H. The van der Waals surface area contributed by atoms with Crippen molar-refractivity contribution in [3.8, 4) is 0 Å². The summed E-state index contributed by atoms with van der Waals surface area (Å²) in [5, 5.41) is 2.63. The molecule has 0 fully saturated rings. The Morgan fingerprint density at radius 2 is 2.12 bits per heavy atom. The summed E-state index contributed by atoms with van der Waals surface area (Å²) in [6, 6.07) is 3.49. The van der Waals surface area contributed by atoms with Gasteiger partial charge < -0.3 is 15.8 Å². The Morgan fingerprint density at radius 1 is 1.47 bits per heavy atom. The van der Waals surface area contributed by atoms with Crippen LogP contribution in [0.4, 0.5) is 10.6 Å². The van der Waals surface area contributed by atoms with E-state index in [1.54, 1.807) is 18.3 Å². The van der Waals surface area contributed by atoms with Gasteiger partial charge in [0, 0.05) is 12.7 Å². The largest absolute Gasteiger partial charge is 0.444 e. The molecule has 6 heteroatoms. The number of aromatic nitrogens is 1. The van der Waals surface area contributed by atoms with Gasteiger partial charge in [-0.15, -0.1) is 12.4 Å². The lowest BCUT2D eigenvalue weighted by Crippen LogP contribution is -2.32. The molecule has 0 bridgehead atoms. The van der Waals surface area contributed by atoms with Crippen molar-refractivity contribution < 1.29 is 9.53 Å². The van der Waals surface area contributed by atoms with Crippen molar-refractivity contribution in [1.82, 2.24) is 10.3 Å². The normalized spacial score (nSPS) is 10.3. The average molecular weight is 260 g/mol. The second-order valence-corrected chi connectivity index (χ2v) is 4.45. The Morgan fingerprint density at radius 3 is 2.59 bits per heavy atom. The van der Waals surface area contributed by atoms with Crippen LogP contribution in [-0.2, 0) is 11.3 Å². The van der Waals surface area contributed by atoms with Gasteiger partial charge >= 0.3 is 6.09 Å². The van der Waals surface area contributed by atoms with Crippen molar-refractivity contribution in [2.24, 2.45) is 0 Å². The molecule has 1 aromatic heterocycles. The predicted molar refractivity (Wildman–Crippen MR) is 69.0 cm³/mol. The van der Waals surface area contributed by atoms with Gasteiger partial charge in [-0.1, -0.05) is 6.07 Å². The molecule has 0 aliphatic carbocycles. The summed E-state index contributed by atoms with van der Waals surface area (Å²) in [7, 11) is 0. The molecule has 0 spiro atoms. The zero-order chi connectivity index (χ0) is 12.2. The number of halogens is 1. The minimum atomic E-state index is -0.483. The fraction of sp³-hybridized carbons (Fsp3) is 0.455. The lowest BCUT2D eigenvalue weighted by atomic mass is 10.2. The minimum Gasteiger partial charge on any atom is -0.444 e. The highest BCUT2D eigenvalue weighted by Gasteiger charge is 2.15. The van der Waals surface area contributed by atoms with Crippen LogP contribution in [0.2, 0.25) is 0 Å². The van der Waals surface area contributed by atoms with E-state index in [1.165, 1.54) is 0 Å². The third kappa shape index (κ3) is 6.63. The van der Waals surface area contributed by atoms with Crippen LogP contribution < -0.4 is 11.1 Å². The number of carbonyl (C=O) groups is 1. The molecule has 1 amide bonds. The van der Waals surface area contributed by atoms with E-state index in [0.29, 0.717) is 12.4 Å². The third-order valence-corrected chi connectivity index (χ3v) is 1.68. The van der Waals surface area contributed by atoms with Crippen molar-refractivity contribution in [1.29, 1.82) is 0 Å². The maximum absolute atomic E-state index is 11.3. The smallest absolute Gasteiger partial charge is 0.407 e. The molecule has 0 saturated carbocycles. The number of nitrogens with two attached hydrogens (primary N) is 1. The van der Waals surface area contributed by atoms with E-state index < -0.39 is 11.7 Å². The summed E-state index contributed by atoms with van der Waals surface area (Å²) in [5.74, 6) is 0.459. The zero-order valence-corrected chi connectivity index (χ0v) is 11.0. The summed E-state index contributed by atoms with van der Waals surface area (Å²) in [5.41, 5.74) is 5.84. The number of pyridine rings is 1. The summed E-state index contributed by atoms with van der Waals surface area (Å²) in [6.45, 7) is 5.83. The first kappa shape index (κ1) is 15.5. The molecule has 0 aliphatic rings. The Bertz CT molecular complexity index is 360. The number of hydrogen-bond donors (Lipinski definition) is 2. The monoisotopic (exact) mass is 259 g/mol. The van der Waals surface area contributed by atoms with Gasteiger partial charge in [0.2, 0.25) is 0 Å². The first-order valence-electron chi connectivity index (χ1n) is 5.04. The first-order chi connectivity index (χ1) is 7.37. The second-order valence-electron chi connectivity index (χ2n) is 4.45. The Labute approximate surface area is 107 Å². The Kier molecular flexibility index (Phi) is 5.74. The highest BCUT2D eigenvalue weighted by Crippen LogP contribution is 2.07. The van der Waals surface area contributed by atoms with Crippen LogP contribution in [-0.4, -0.2) is 16.7 Å². The van der Waals surface area contributed by atoms with Gasteiger partial charge in [0.05, 0.1) is 0 Å². The number of amides is 1. The van der Waals surface area contributed by atoms with Crippen LogP contribution in [0.25, 0.3) is 0 Å². The van der Waals surface area contributed by atoms with Crippen molar-refractivity contribution in [2.45, 2.75) is 32.9 Å². The summed E-state index contributed by atoms with van der Waals surface area (Å²) >= 11 is 0. The molecule has 0 radical (unpaired) electrons. The van der Waals surface area contributed by atoms with Crippen LogP contribution in [0.15, 0.2) is 18.3 Å². The van der Waals surface area contributed by atoms with Crippen LogP contribution in [0, 0.1) is 0 Å². The number of carbonyl (C=O) groups excluding carboxylic acids is 1. The van der Waals surface area contributed by atoms with Gasteiger partial charge in [-0.2, -0.15) is 0 Å². The van der Waals surface area contributed by atoms with Gasteiger partial charge in [0.1, 0.15) is 11.4 Å². The summed E-state index contributed by atoms with van der Waals surface area (Å²) < 4.78 is 5.09. The van der Waals surface area contributed by atoms with E-state index in [4.69, 9.17) is 10.5 Å². The predicted octanol–water partition coefficient (Wildman–Crippen LogP) is 2.11. The van der Waals surface area contributed by atoms with Crippen LogP contribution in [0.1, 0.15) is 26.3 Å². The fourth-order valence-corrected chi connectivity index (χ4v) is 1.03. The molecular formula is C11H18ClN3O2. The molecule has 1 heterocycles. The molecular weight excluding hydrogens is 242 g/mol. The number of rotatable bonds is 2. The second kappa shape index (κ2) is 6.30. The molecule has 0 aliphatic heterocycles. The molecule has 0 unspecified atom stereocenters. The fourth-order valence-electron chi connectivity index (χ4n) is 1.03. The number of nitrogens with zero attached hydrogens (tertiary/aromatic N) is 1. The van der Waals surface area contributed by atoms with E-state index in [2.05, 4.69) is 10.3 Å². The van der Waals surface area contributed by atoms with Crippen molar-refractivity contribution >= 4 is 24.3 Å². The number of nitrogen functional groups attached to an aromatic ring is 1. The summed E-state index contributed by atoms with van der Waals surface area (Å²) in [4.78, 5) is 15.2. The molecule has 17 heavy (non-hydrogen) atoms. The molecule has 1 rings (SSSR count). The van der Waals surface area contributed by atoms with E-state index >= 15 is 0 Å². The SMILES string of the molecule is CC(C)(C)OC(=O)NCc1ccc(N)nc1.Cl. The maximum atomic E-state index is 11.3. The van der Waals surface area contributed by atoms with Crippen LogP contribution in [0.3, 0.4) is 0 Å². The quantitative estimate of drug-likeness (QED) is 0.853. The van der Waals surface area contributed by atoms with Crippen molar-refractivity contribution in [3.63, 3.8) is 0 Å². The summed E-state index contributed by atoms with van der Waals surface area (Å²) in [6.07, 6.45) is 1.18. The van der Waals surface area contributed by atoms with Crippen LogP contribution >= 0.6 is 12.4 Å². The third-order valence-electron chi connectivity index (χ3n) is 1.68. The Balaban J connectivity index is 0.00000256. The number of ether oxygens (including phenoxy) is 1. The molecule has 3 N–H and O–H groups in total. The molecule has 5 nitrogen and oxygen atoms in total. The molecule has 96 valence electrons. The van der Waals surface area contributed by atoms with Crippen molar-refractivity contribution in [3.05, 3.63) is 23.9 Å². The van der Waals surface area contributed by atoms with Gasteiger partial charge in [0.25, 0.3) is 0 Å². The number of nitrogens with one attached hydrogen (secondary N) is 1. The molecule has 0 saturated heterocycles. The van der Waals surface area contributed by atoms with Gasteiger partial charge in [-0.25, -0.2) is 9.78 Å². The van der Waals surface area contributed by atoms with Crippen molar-refractivity contribution in [2.75, 3.05) is 5.73 Å². The highest BCUT2D eigenvalue weighted by atomic mass is 35.5. The average Bonchev–Trinajstić information content (AvgIpc) is 2.14. The maximum Gasteiger partial charge on any atom is 0.407 e. The first-order valence-corrected chi connectivity index (χ1v) is 5.04. The van der Waals surface area contributed by atoms with E-state index in [-0.39, 0.29) is 12.4 Å². The topological polar surface area (TPSA) is 77.2 Å². The Hall–Kier alpha value is -1.49. The lowest BCUT2D eigenvalue weighted by molar-refractivity contribution is 0.0523.